The maximum absolute atomic E-state index is 14.6. The Balaban J connectivity index is 0.00000207. The predicted octanol–water partition coefficient (Wildman–Crippen LogP) is 8.19. The number of phenolic OH excluding ortho intramolecular Hbond substituents is 1. The van der Waals surface area contributed by atoms with Crippen molar-refractivity contribution in [2.75, 3.05) is 13.1 Å². The fourth-order valence-electron chi connectivity index (χ4n) is 14.4. The predicted molar refractivity (Wildman–Crippen MR) is 308 cm³/mol. The topological polar surface area (TPSA) is 274 Å². The third-order valence-corrected chi connectivity index (χ3v) is 18.5. The number of ether oxygens (including phenoxy) is 2. The molecule has 6 N–H and O–H groups in total. The normalized spacial score (nSPS) is 26.4. The molecule has 1 aromatic carbocycles. The van der Waals surface area contributed by atoms with Gasteiger partial charge in [-0.25, -0.2) is 22.6 Å². The molecule has 2 aromatic rings. The monoisotopic (exact) mass is 1160 g/mol. The molecule has 0 spiro atoms. The molecule has 5 amide bonds. The van der Waals surface area contributed by atoms with E-state index in [1.165, 1.54) is 74.5 Å². The van der Waals surface area contributed by atoms with Crippen LogP contribution >= 0.6 is 0 Å². The summed E-state index contributed by atoms with van der Waals surface area (Å²) < 4.78 is 46.4. The van der Waals surface area contributed by atoms with Gasteiger partial charge in [0.15, 0.2) is 12.4 Å². The van der Waals surface area contributed by atoms with Gasteiger partial charge in [0.1, 0.15) is 54.2 Å². The van der Waals surface area contributed by atoms with Crippen LogP contribution in [0.5, 0.6) is 5.75 Å². The van der Waals surface area contributed by atoms with E-state index < -0.39 is 70.0 Å². The fraction of sp³-hybridized carbons (Fsp3) is 0.694. The summed E-state index contributed by atoms with van der Waals surface area (Å²) in [7, 11) is -3.10. The summed E-state index contributed by atoms with van der Waals surface area (Å²) in [4.78, 5) is 84.4. The summed E-state index contributed by atoms with van der Waals surface area (Å²) in [5.41, 5.74) is 2.26. The molecule has 2 heterocycles. The summed E-state index contributed by atoms with van der Waals surface area (Å²) in [6, 6.07) is 5.62. The Kier molecular flexibility index (Phi) is 22.6. The van der Waals surface area contributed by atoms with Crippen LogP contribution in [0.4, 0.5) is 4.79 Å². The number of likely N-dealkylation sites (tertiary alicyclic amines) is 1. The molecule has 4 fully saturated rings. The van der Waals surface area contributed by atoms with Crippen LogP contribution in [0.3, 0.4) is 0 Å². The highest BCUT2D eigenvalue weighted by atomic mass is 32.3. The Morgan fingerprint density at radius 1 is 0.854 bits per heavy atom. The Morgan fingerprint density at radius 3 is 2.22 bits per heavy atom. The molecular formula is C62H94N6O13S. The molecule has 7 rings (SSSR count). The number of fused-ring (bicyclic) bond motifs is 5. The first kappa shape index (κ1) is 65.6. The van der Waals surface area contributed by atoms with Gasteiger partial charge in [0, 0.05) is 32.0 Å². The van der Waals surface area contributed by atoms with Gasteiger partial charge in [-0.1, -0.05) is 77.7 Å². The number of amides is 5. The van der Waals surface area contributed by atoms with E-state index in [-0.39, 0.29) is 36.0 Å². The second-order valence-corrected chi connectivity index (χ2v) is 26.9. The number of alkyl carbamates (subject to hydrolysis) is 1. The Labute approximate surface area is 486 Å². The zero-order valence-corrected chi connectivity index (χ0v) is 51.0. The number of carbonyl (C=O) groups is 6. The number of nitrogens with zero attached hydrogens (tertiary/aromatic N) is 2. The van der Waals surface area contributed by atoms with Crippen molar-refractivity contribution in [3.63, 3.8) is 0 Å². The Morgan fingerprint density at radius 2 is 1.55 bits per heavy atom. The standard InChI is InChI=1S/C62H92N6O9.H2O4S/c1-39(2)16-13-17-40(3)48-27-28-49-47-26-23-44-37-46(29-31-61(44,8)50(47)30-32-62(48,49)9)76-58(74)51(19-11-12-33-63-59(75)77-60(5,6)7)65-55(71)52(36-42-21-24-45(69)25-22-42)66-54(70)41(4)64-56(72)53-20-15-35-68(53)57(73)43-18-14-34-67(10)38-43;1-5(2,3)4/h14,18,21-25,34,38-41,46-53H,11-13,15-17,19-20,26-33,35-37H2,1-10H3,(H4-,63,64,65,66,69,70,71,72,75);(H2,1,2,3,4)/t40-,41+,46+,47+,48-,49+,50+,51+,52+,53+,61+,62-;/m1./s1. The molecule has 0 bridgehead atoms. The van der Waals surface area contributed by atoms with E-state index in [1.807, 2.05) is 13.2 Å². The molecule has 456 valence electrons. The lowest BCUT2D eigenvalue weighted by Gasteiger charge is -2.58. The van der Waals surface area contributed by atoms with Crippen LogP contribution in [0.15, 0.2) is 60.4 Å². The van der Waals surface area contributed by atoms with Gasteiger partial charge in [-0.2, -0.15) is 0 Å². The number of benzene rings is 1. The van der Waals surface area contributed by atoms with E-state index in [4.69, 9.17) is 27.0 Å². The minimum absolute atomic E-state index is 0.00894. The summed E-state index contributed by atoms with van der Waals surface area (Å²) in [5, 5.41) is 21.4. The number of pyridine rings is 1. The van der Waals surface area contributed by atoms with Crippen molar-refractivity contribution in [1.29, 1.82) is 0 Å². The van der Waals surface area contributed by atoms with E-state index in [2.05, 4.69) is 62.0 Å². The molecule has 3 saturated carbocycles. The number of nitrogens with one attached hydrogen (secondary N) is 4. The van der Waals surface area contributed by atoms with Crippen molar-refractivity contribution in [3.8, 4) is 5.75 Å². The van der Waals surface area contributed by atoms with Gasteiger partial charge in [-0.3, -0.25) is 23.7 Å². The zero-order valence-electron chi connectivity index (χ0n) is 50.2. The van der Waals surface area contributed by atoms with Crippen molar-refractivity contribution >= 4 is 46.1 Å². The summed E-state index contributed by atoms with van der Waals surface area (Å²) >= 11 is 0. The number of aryl methyl sites for hydroxylation is 1. The van der Waals surface area contributed by atoms with E-state index in [0.717, 1.165) is 42.9 Å². The second kappa shape index (κ2) is 28.3. The summed E-state index contributed by atoms with van der Waals surface area (Å²) in [6.07, 6.45) is 19.9. The molecule has 1 saturated heterocycles. The van der Waals surface area contributed by atoms with E-state index in [1.54, 1.807) is 55.8 Å². The molecule has 0 radical (unpaired) electrons. The lowest BCUT2D eigenvalue weighted by atomic mass is 9.47. The van der Waals surface area contributed by atoms with Crippen molar-refractivity contribution in [1.82, 2.24) is 26.2 Å². The highest BCUT2D eigenvalue weighted by Crippen LogP contribution is 2.67. The lowest BCUT2D eigenvalue weighted by Crippen LogP contribution is -2.57. The second-order valence-electron chi connectivity index (χ2n) is 26.1. The summed E-state index contributed by atoms with van der Waals surface area (Å²) in [6.45, 7) is 19.9. The molecule has 12 atom stereocenters. The number of hydrogen-bond donors (Lipinski definition) is 6. The first-order valence-corrected chi connectivity index (χ1v) is 31.3. The smallest absolute Gasteiger partial charge is 0.407 e. The number of aromatic hydroxyl groups is 1. The SMILES string of the molecule is CC(C)CCC[C@@H](C)[C@H]1CC[C@H]2[C@@H]3CC=C4C[C@@H](OC(=O)[C@H](CCCCNC(=O)OC(C)(C)C)NC(=O)[C@H](Cc5ccc(O)cc5)NC(=O)[C@H](C)NC(=O)[C@@H]5CCCN5C(=O)c5ccc[n+](C)c5)CC[C@]4(C)[C@H]3CC[C@]12C.O=S(=O)([O-])O. The van der Waals surface area contributed by atoms with Crippen molar-refractivity contribution in [3.05, 3.63) is 71.6 Å². The van der Waals surface area contributed by atoms with Crippen LogP contribution in [-0.2, 0) is 52.5 Å². The third-order valence-electron chi connectivity index (χ3n) is 18.5. The zero-order chi connectivity index (χ0) is 60.3. The lowest BCUT2D eigenvalue weighted by molar-refractivity contribution is -0.671. The number of allylic oxidation sites excluding steroid dienone is 1. The Hall–Kier alpha value is -5.60. The van der Waals surface area contributed by atoms with E-state index >= 15 is 0 Å². The average molecular weight is 1160 g/mol. The van der Waals surface area contributed by atoms with Gasteiger partial charge in [0.25, 0.3) is 5.91 Å². The van der Waals surface area contributed by atoms with Crippen molar-refractivity contribution in [2.45, 2.75) is 207 Å². The number of unbranched alkanes of at least 4 members (excludes halogenated alkanes) is 1. The Bertz CT molecular complexity index is 2690. The fourth-order valence-corrected chi connectivity index (χ4v) is 14.4. The minimum Gasteiger partial charge on any atom is -0.726 e. The number of phenols is 1. The van der Waals surface area contributed by atoms with Crippen LogP contribution in [0, 0.1) is 46.3 Å². The first-order chi connectivity index (χ1) is 38.4. The van der Waals surface area contributed by atoms with Crippen LogP contribution in [0.25, 0.3) is 0 Å². The highest BCUT2D eigenvalue weighted by molar-refractivity contribution is 7.79. The van der Waals surface area contributed by atoms with Crippen LogP contribution in [0.1, 0.15) is 181 Å². The van der Waals surface area contributed by atoms with Gasteiger partial charge in [-0.15, -0.1) is 0 Å². The van der Waals surface area contributed by atoms with E-state index in [9.17, 15) is 33.9 Å². The van der Waals surface area contributed by atoms with Crippen LogP contribution < -0.4 is 25.8 Å². The van der Waals surface area contributed by atoms with Gasteiger partial charge in [-0.05, 0) is 175 Å². The number of carbonyl (C=O) groups excluding carboxylic acids is 6. The maximum Gasteiger partial charge on any atom is 0.407 e. The molecule has 1 aromatic heterocycles. The molecule has 0 unspecified atom stereocenters. The number of aromatic nitrogens is 1. The largest absolute Gasteiger partial charge is 0.726 e. The van der Waals surface area contributed by atoms with Crippen molar-refractivity contribution < 1.29 is 65.4 Å². The molecule has 4 aliphatic carbocycles. The molecule has 1 aliphatic heterocycles. The van der Waals surface area contributed by atoms with Gasteiger partial charge >= 0.3 is 12.1 Å². The molecule has 5 aliphatic rings. The number of hydrogen-bond acceptors (Lipinski definition) is 12. The third kappa shape index (κ3) is 18.0. The molecule has 20 heteroatoms. The highest BCUT2D eigenvalue weighted by Gasteiger charge is 2.59. The maximum atomic E-state index is 14.6. The number of rotatable bonds is 21. The van der Waals surface area contributed by atoms with Gasteiger partial charge < -0.3 is 45.3 Å². The van der Waals surface area contributed by atoms with Gasteiger partial charge in [0.05, 0.1) is 0 Å². The van der Waals surface area contributed by atoms with Crippen molar-refractivity contribution in [2.24, 2.45) is 53.4 Å². The molecule has 82 heavy (non-hydrogen) atoms. The molecule has 19 nitrogen and oxygen atoms in total. The minimum atomic E-state index is -4.92. The van der Waals surface area contributed by atoms with Crippen LogP contribution in [-0.4, -0.2) is 112 Å². The quantitative estimate of drug-likeness (QED) is 0.0172. The van der Waals surface area contributed by atoms with E-state index in [0.29, 0.717) is 73.6 Å². The molecular weight excluding hydrogens is 1070 g/mol. The average Bonchev–Trinajstić information content (AvgIpc) is 4.22. The number of esters is 1. The van der Waals surface area contributed by atoms with Gasteiger partial charge in [0.2, 0.25) is 28.1 Å². The summed E-state index contributed by atoms with van der Waals surface area (Å²) in [5.74, 6) is 1.78. The first-order valence-electron chi connectivity index (χ1n) is 30.0. The van der Waals surface area contributed by atoms with Crippen LogP contribution in [0.2, 0.25) is 0 Å².